The van der Waals surface area contributed by atoms with Crippen LogP contribution in [0.4, 0.5) is 5.69 Å². The molecule has 96 valence electrons. The van der Waals surface area contributed by atoms with Crippen LogP contribution < -0.4 is 16.2 Å². The lowest BCUT2D eigenvalue weighted by Gasteiger charge is -2.23. The van der Waals surface area contributed by atoms with Crippen LogP contribution in [0.5, 0.6) is 0 Å². The predicted molar refractivity (Wildman–Crippen MR) is 70.4 cm³/mol. The number of hydrazine groups is 1. The highest BCUT2D eigenvalue weighted by atomic mass is 16.2. The van der Waals surface area contributed by atoms with Gasteiger partial charge in [-0.15, -0.1) is 0 Å². The molecular weight excluding hydrogens is 228 g/mol. The van der Waals surface area contributed by atoms with Gasteiger partial charge in [-0.3, -0.25) is 10.2 Å². The van der Waals surface area contributed by atoms with E-state index in [-0.39, 0.29) is 5.91 Å². The Labute approximate surface area is 107 Å². The minimum absolute atomic E-state index is 0.164. The first-order valence-electron chi connectivity index (χ1n) is 5.94. The van der Waals surface area contributed by atoms with Crippen molar-refractivity contribution in [2.75, 3.05) is 18.0 Å². The van der Waals surface area contributed by atoms with Gasteiger partial charge in [0, 0.05) is 25.2 Å². The van der Waals surface area contributed by atoms with Gasteiger partial charge in [0.25, 0.3) is 0 Å². The lowest BCUT2D eigenvalue weighted by atomic mass is 10.2. The molecule has 0 spiro atoms. The molecule has 5 heteroatoms. The summed E-state index contributed by atoms with van der Waals surface area (Å²) in [6.45, 7) is 1.41. The standard InChI is InChI=1S/C13H18N4O/c14-9-5-11-17(10-4-8-13(18)16-15)12-6-2-1-3-7-12/h1-3,6-7H,4-5,8,10-11,15H2,(H,16,18). The summed E-state index contributed by atoms with van der Waals surface area (Å²) in [5.74, 6) is 4.86. The average molecular weight is 246 g/mol. The molecular formula is C13H18N4O. The van der Waals surface area contributed by atoms with Crippen molar-refractivity contribution < 1.29 is 4.79 Å². The van der Waals surface area contributed by atoms with Gasteiger partial charge in [0.15, 0.2) is 0 Å². The minimum atomic E-state index is -0.164. The first kappa shape index (κ1) is 14.0. The maximum Gasteiger partial charge on any atom is 0.233 e. The third-order valence-corrected chi connectivity index (χ3v) is 2.61. The number of carbonyl (C=O) groups is 1. The molecule has 0 aliphatic heterocycles. The number of carbonyl (C=O) groups excluding carboxylic acids is 1. The number of nitrogens with two attached hydrogens (primary N) is 1. The number of anilines is 1. The van der Waals surface area contributed by atoms with E-state index in [4.69, 9.17) is 11.1 Å². The van der Waals surface area contributed by atoms with Crippen molar-refractivity contribution >= 4 is 11.6 Å². The van der Waals surface area contributed by atoms with E-state index in [1.54, 1.807) is 0 Å². The Kier molecular flexibility index (Phi) is 6.30. The smallest absolute Gasteiger partial charge is 0.233 e. The molecule has 0 atom stereocenters. The first-order valence-corrected chi connectivity index (χ1v) is 5.94. The largest absolute Gasteiger partial charge is 0.370 e. The van der Waals surface area contributed by atoms with Gasteiger partial charge < -0.3 is 4.90 Å². The maximum absolute atomic E-state index is 11.0. The molecule has 0 bridgehead atoms. The second-order valence-corrected chi connectivity index (χ2v) is 3.90. The van der Waals surface area contributed by atoms with Gasteiger partial charge in [-0.05, 0) is 18.6 Å². The van der Waals surface area contributed by atoms with E-state index in [0.29, 0.717) is 25.8 Å². The van der Waals surface area contributed by atoms with E-state index in [0.717, 1.165) is 12.2 Å². The van der Waals surface area contributed by atoms with E-state index < -0.39 is 0 Å². The van der Waals surface area contributed by atoms with E-state index in [2.05, 4.69) is 16.4 Å². The summed E-state index contributed by atoms with van der Waals surface area (Å²) >= 11 is 0. The van der Waals surface area contributed by atoms with E-state index in [9.17, 15) is 4.79 Å². The molecule has 0 saturated heterocycles. The molecule has 1 amide bonds. The molecule has 1 rings (SSSR count). The molecule has 1 aromatic rings. The van der Waals surface area contributed by atoms with Crippen molar-refractivity contribution in [3.63, 3.8) is 0 Å². The second kappa shape index (κ2) is 8.09. The summed E-state index contributed by atoms with van der Waals surface area (Å²) in [7, 11) is 0. The van der Waals surface area contributed by atoms with Crippen molar-refractivity contribution in [2.24, 2.45) is 5.84 Å². The van der Waals surface area contributed by atoms with Crippen LogP contribution in [-0.2, 0) is 4.79 Å². The van der Waals surface area contributed by atoms with E-state index >= 15 is 0 Å². The lowest BCUT2D eigenvalue weighted by molar-refractivity contribution is -0.121. The summed E-state index contributed by atoms with van der Waals surface area (Å²) in [5.41, 5.74) is 3.18. The highest BCUT2D eigenvalue weighted by molar-refractivity contribution is 5.75. The van der Waals surface area contributed by atoms with E-state index in [1.807, 2.05) is 30.3 Å². The van der Waals surface area contributed by atoms with Gasteiger partial charge >= 0.3 is 0 Å². The minimum Gasteiger partial charge on any atom is -0.370 e. The van der Waals surface area contributed by atoms with Crippen LogP contribution in [0.3, 0.4) is 0 Å². The Bertz CT molecular complexity index is 399. The number of nitrogens with one attached hydrogen (secondary N) is 1. The first-order chi connectivity index (χ1) is 8.77. The average Bonchev–Trinajstić information content (AvgIpc) is 2.43. The number of para-hydroxylation sites is 1. The molecule has 1 aromatic carbocycles. The number of benzene rings is 1. The Hall–Kier alpha value is -2.06. The summed E-state index contributed by atoms with van der Waals surface area (Å²) in [6, 6.07) is 12.0. The van der Waals surface area contributed by atoms with Gasteiger partial charge in [0.2, 0.25) is 5.91 Å². The molecule has 0 fully saturated rings. The SMILES string of the molecule is N#CCCN(CCCC(=O)NN)c1ccccc1. The predicted octanol–water partition coefficient (Wildman–Crippen LogP) is 1.18. The Morgan fingerprint density at radius 2 is 2.06 bits per heavy atom. The van der Waals surface area contributed by atoms with Crippen molar-refractivity contribution in [1.82, 2.24) is 5.43 Å². The number of nitrogens with zero attached hydrogens (tertiary/aromatic N) is 2. The monoisotopic (exact) mass is 246 g/mol. The van der Waals surface area contributed by atoms with Gasteiger partial charge in [-0.25, -0.2) is 5.84 Å². The van der Waals surface area contributed by atoms with E-state index in [1.165, 1.54) is 0 Å². The van der Waals surface area contributed by atoms with Crippen molar-refractivity contribution in [3.8, 4) is 6.07 Å². The number of hydrogen-bond donors (Lipinski definition) is 2. The quantitative estimate of drug-likeness (QED) is 0.430. The number of rotatable bonds is 7. The number of hydrogen-bond acceptors (Lipinski definition) is 4. The highest BCUT2D eigenvalue weighted by Crippen LogP contribution is 2.14. The molecule has 3 N–H and O–H groups in total. The summed E-state index contributed by atoms with van der Waals surface area (Å²) < 4.78 is 0. The summed E-state index contributed by atoms with van der Waals surface area (Å²) in [5, 5.41) is 8.66. The maximum atomic E-state index is 11.0. The number of amides is 1. The van der Waals surface area contributed by atoms with Crippen LogP contribution in [0.15, 0.2) is 30.3 Å². The second-order valence-electron chi connectivity index (χ2n) is 3.90. The summed E-state index contributed by atoms with van der Waals surface area (Å²) in [6.07, 6.45) is 1.58. The molecule has 0 heterocycles. The summed E-state index contributed by atoms with van der Waals surface area (Å²) in [4.78, 5) is 13.1. The lowest BCUT2D eigenvalue weighted by Crippen LogP contribution is -2.31. The molecule has 0 aromatic heterocycles. The third-order valence-electron chi connectivity index (χ3n) is 2.61. The fraction of sp³-hybridized carbons (Fsp3) is 0.385. The highest BCUT2D eigenvalue weighted by Gasteiger charge is 2.06. The molecule has 18 heavy (non-hydrogen) atoms. The molecule has 0 unspecified atom stereocenters. The van der Waals surface area contributed by atoms with Crippen molar-refractivity contribution in [1.29, 1.82) is 5.26 Å². The molecule has 0 aliphatic rings. The Morgan fingerprint density at radius 3 is 2.67 bits per heavy atom. The molecule has 5 nitrogen and oxygen atoms in total. The molecule has 0 saturated carbocycles. The van der Waals surface area contributed by atoms with Crippen molar-refractivity contribution in [3.05, 3.63) is 30.3 Å². The zero-order chi connectivity index (χ0) is 13.2. The molecule has 0 radical (unpaired) electrons. The zero-order valence-corrected chi connectivity index (χ0v) is 10.3. The fourth-order valence-corrected chi connectivity index (χ4v) is 1.70. The van der Waals surface area contributed by atoms with Gasteiger partial charge in [-0.2, -0.15) is 5.26 Å². The van der Waals surface area contributed by atoms with Gasteiger partial charge in [-0.1, -0.05) is 18.2 Å². The van der Waals surface area contributed by atoms with Crippen LogP contribution in [-0.4, -0.2) is 19.0 Å². The van der Waals surface area contributed by atoms with Crippen LogP contribution in [0.1, 0.15) is 19.3 Å². The third kappa shape index (κ3) is 4.85. The van der Waals surface area contributed by atoms with Crippen LogP contribution in [0, 0.1) is 11.3 Å². The molecule has 0 aliphatic carbocycles. The van der Waals surface area contributed by atoms with Gasteiger partial charge in [0.1, 0.15) is 0 Å². The van der Waals surface area contributed by atoms with Crippen molar-refractivity contribution in [2.45, 2.75) is 19.3 Å². The van der Waals surface area contributed by atoms with Crippen LogP contribution in [0.25, 0.3) is 0 Å². The Morgan fingerprint density at radius 1 is 1.33 bits per heavy atom. The normalized spacial score (nSPS) is 9.56. The topological polar surface area (TPSA) is 82.2 Å². The van der Waals surface area contributed by atoms with Crippen LogP contribution >= 0.6 is 0 Å². The Balaban J connectivity index is 2.51. The zero-order valence-electron chi connectivity index (χ0n) is 10.3. The van der Waals surface area contributed by atoms with Crippen LogP contribution in [0.2, 0.25) is 0 Å². The number of nitriles is 1. The fourth-order valence-electron chi connectivity index (χ4n) is 1.70. The van der Waals surface area contributed by atoms with Gasteiger partial charge in [0.05, 0.1) is 12.5 Å².